The van der Waals surface area contributed by atoms with Gasteiger partial charge in [-0.25, -0.2) is 8.42 Å². The van der Waals surface area contributed by atoms with E-state index in [4.69, 9.17) is 4.74 Å². The van der Waals surface area contributed by atoms with Crippen molar-refractivity contribution in [3.8, 4) is 0 Å². The first kappa shape index (κ1) is 22.4. The third-order valence-electron chi connectivity index (χ3n) is 4.83. The molecule has 8 heteroatoms. The molecule has 1 aromatic rings. The Morgan fingerprint density at radius 2 is 1.64 bits per heavy atom. The molecule has 1 atom stereocenters. The summed E-state index contributed by atoms with van der Waals surface area (Å²) in [5, 5.41) is 2.91. The molecule has 0 bridgehead atoms. The zero-order valence-corrected chi connectivity index (χ0v) is 17.4. The number of nitrogens with one attached hydrogen (secondary N) is 2. The number of aryl methyl sites for hydroxylation is 1. The highest BCUT2D eigenvalue weighted by Crippen LogP contribution is 2.17. The second kappa shape index (κ2) is 10.6. The van der Waals surface area contributed by atoms with Crippen molar-refractivity contribution in [1.29, 1.82) is 0 Å². The van der Waals surface area contributed by atoms with E-state index in [1.807, 2.05) is 6.92 Å². The zero-order valence-electron chi connectivity index (χ0n) is 16.6. The van der Waals surface area contributed by atoms with Gasteiger partial charge in [-0.05, 0) is 38.8 Å². The molecule has 1 saturated carbocycles. The highest BCUT2D eigenvalue weighted by atomic mass is 32.2. The van der Waals surface area contributed by atoms with Gasteiger partial charge in [0.1, 0.15) is 6.04 Å². The minimum atomic E-state index is -3.84. The van der Waals surface area contributed by atoms with Crippen LogP contribution in [-0.4, -0.2) is 39.0 Å². The molecule has 0 radical (unpaired) electrons. The molecule has 1 fully saturated rings. The smallest absolute Gasteiger partial charge is 0.324 e. The Morgan fingerprint density at radius 1 is 1.07 bits per heavy atom. The Hall–Kier alpha value is -1.93. The predicted octanol–water partition coefficient (Wildman–Crippen LogP) is 2.43. The second-order valence-corrected chi connectivity index (χ2v) is 9.09. The van der Waals surface area contributed by atoms with Crippen molar-refractivity contribution >= 4 is 21.9 Å². The van der Waals surface area contributed by atoms with Crippen LogP contribution in [-0.2, 0) is 24.3 Å². The summed E-state index contributed by atoms with van der Waals surface area (Å²) in [6.45, 7) is 2.83. The SMILES string of the molecule is Cc1ccc(S(=O)(=O)N[C@@H](C)C(=O)OCC(=O)NC2CCCCCCC2)cc1. The number of benzene rings is 1. The van der Waals surface area contributed by atoms with E-state index in [0.29, 0.717) is 0 Å². The summed E-state index contributed by atoms with van der Waals surface area (Å²) in [6.07, 6.45) is 7.65. The van der Waals surface area contributed by atoms with Crippen LogP contribution in [0.4, 0.5) is 0 Å². The summed E-state index contributed by atoms with van der Waals surface area (Å²) < 4.78 is 31.9. The molecular formula is C20H30N2O5S. The van der Waals surface area contributed by atoms with Gasteiger partial charge in [0.25, 0.3) is 5.91 Å². The van der Waals surface area contributed by atoms with Gasteiger partial charge in [0, 0.05) is 6.04 Å². The number of ether oxygens (including phenoxy) is 1. The van der Waals surface area contributed by atoms with Crippen molar-refractivity contribution in [3.63, 3.8) is 0 Å². The number of carbonyl (C=O) groups is 2. The summed E-state index contributed by atoms with van der Waals surface area (Å²) in [4.78, 5) is 24.2. The number of esters is 1. The average Bonchev–Trinajstić information content (AvgIpc) is 2.61. The van der Waals surface area contributed by atoms with Crippen LogP contribution in [0.2, 0.25) is 0 Å². The molecule has 7 nitrogen and oxygen atoms in total. The monoisotopic (exact) mass is 410 g/mol. The Balaban J connectivity index is 1.79. The quantitative estimate of drug-likeness (QED) is 0.672. The lowest BCUT2D eigenvalue weighted by Crippen LogP contribution is -2.42. The van der Waals surface area contributed by atoms with Gasteiger partial charge in [-0.1, -0.05) is 49.8 Å². The topological polar surface area (TPSA) is 102 Å². The Morgan fingerprint density at radius 3 is 2.25 bits per heavy atom. The van der Waals surface area contributed by atoms with Crippen molar-refractivity contribution in [2.45, 2.75) is 75.8 Å². The van der Waals surface area contributed by atoms with Crippen LogP contribution in [0.1, 0.15) is 57.4 Å². The lowest BCUT2D eigenvalue weighted by Gasteiger charge is -2.21. The van der Waals surface area contributed by atoms with Gasteiger partial charge in [-0.15, -0.1) is 0 Å². The predicted molar refractivity (Wildman–Crippen MR) is 106 cm³/mol. The van der Waals surface area contributed by atoms with Gasteiger partial charge in [-0.2, -0.15) is 4.72 Å². The lowest BCUT2D eigenvalue weighted by molar-refractivity contribution is -0.150. The number of sulfonamides is 1. The molecular weight excluding hydrogens is 380 g/mol. The van der Waals surface area contributed by atoms with Crippen molar-refractivity contribution < 1.29 is 22.7 Å². The van der Waals surface area contributed by atoms with Crippen molar-refractivity contribution in [2.75, 3.05) is 6.61 Å². The molecule has 0 saturated heterocycles. The zero-order chi connectivity index (χ0) is 20.6. The molecule has 28 heavy (non-hydrogen) atoms. The molecule has 2 rings (SSSR count). The van der Waals surface area contributed by atoms with E-state index in [1.165, 1.54) is 38.3 Å². The van der Waals surface area contributed by atoms with E-state index in [0.717, 1.165) is 31.2 Å². The van der Waals surface area contributed by atoms with E-state index in [1.54, 1.807) is 12.1 Å². The van der Waals surface area contributed by atoms with E-state index in [-0.39, 0.29) is 16.8 Å². The first-order valence-corrected chi connectivity index (χ1v) is 11.3. The van der Waals surface area contributed by atoms with Crippen molar-refractivity contribution in [1.82, 2.24) is 10.0 Å². The number of rotatable bonds is 7. The Kier molecular flexibility index (Phi) is 8.44. The molecule has 1 aromatic carbocycles. The van der Waals surface area contributed by atoms with Crippen molar-refractivity contribution in [2.24, 2.45) is 0 Å². The van der Waals surface area contributed by atoms with E-state index >= 15 is 0 Å². The lowest BCUT2D eigenvalue weighted by atomic mass is 9.97. The number of carbonyl (C=O) groups excluding carboxylic acids is 2. The standard InChI is InChI=1S/C20H30N2O5S/c1-15-10-12-18(13-11-15)28(25,26)22-16(2)20(24)27-14-19(23)21-17-8-6-4-3-5-7-9-17/h10-13,16-17,22H,3-9,14H2,1-2H3,(H,21,23)/t16-/m0/s1. The van der Waals surface area contributed by atoms with Gasteiger partial charge in [-0.3, -0.25) is 9.59 Å². The van der Waals surface area contributed by atoms with Crippen LogP contribution in [0, 0.1) is 6.92 Å². The third kappa shape index (κ3) is 7.24. The van der Waals surface area contributed by atoms with E-state index in [2.05, 4.69) is 10.0 Å². The summed E-state index contributed by atoms with van der Waals surface area (Å²) in [5.74, 6) is -1.14. The molecule has 0 heterocycles. The normalized spacial score (nSPS) is 17.2. The minimum absolute atomic E-state index is 0.0692. The van der Waals surface area contributed by atoms with Gasteiger partial charge < -0.3 is 10.1 Å². The largest absolute Gasteiger partial charge is 0.454 e. The number of hydrogen-bond acceptors (Lipinski definition) is 5. The summed E-state index contributed by atoms with van der Waals surface area (Å²) >= 11 is 0. The number of hydrogen-bond donors (Lipinski definition) is 2. The highest BCUT2D eigenvalue weighted by molar-refractivity contribution is 7.89. The maximum atomic E-state index is 12.3. The molecule has 0 aliphatic heterocycles. The fourth-order valence-electron chi connectivity index (χ4n) is 3.20. The van der Waals surface area contributed by atoms with E-state index in [9.17, 15) is 18.0 Å². The van der Waals surface area contributed by atoms with Gasteiger partial charge in [0.15, 0.2) is 6.61 Å². The van der Waals surface area contributed by atoms with Crippen LogP contribution in [0.25, 0.3) is 0 Å². The molecule has 0 spiro atoms. The maximum Gasteiger partial charge on any atom is 0.324 e. The Bertz CT molecular complexity index is 753. The first-order chi connectivity index (χ1) is 13.3. The van der Waals surface area contributed by atoms with E-state index < -0.39 is 28.6 Å². The van der Waals surface area contributed by atoms with Gasteiger partial charge in [0.05, 0.1) is 4.90 Å². The average molecular weight is 411 g/mol. The third-order valence-corrected chi connectivity index (χ3v) is 6.39. The summed E-state index contributed by atoms with van der Waals surface area (Å²) in [5.41, 5.74) is 0.932. The maximum absolute atomic E-state index is 12.3. The first-order valence-electron chi connectivity index (χ1n) is 9.83. The van der Waals surface area contributed by atoms with Gasteiger partial charge in [0.2, 0.25) is 10.0 Å². The summed E-state index contributed by atoms with van der Waals surface area (Å²) in [6, 6.07) is 5.31. The van der Waals surface area contributed by atoms with Crippen LogP contribution in [0.15, 0.2) is 29.2 Å². The molecule has 1 aliphatic carbocycles. The molecule has 1 aliphatic rings. The molecule has 1 amide bonds. The Labute approximate surface area is 167 Å². The van der Waals surface area contributed by atoms with Crippen LogP contribution < -0.4 is 10.0 Å². The minimum Gasteiger partial charge on any atom is -0.454 e. The highest BCUT2D eigenvalue weighted by Gasteiger charge is 2.24. The van der Waals surface area contributed by atoms with Crippen molar-refractivity contribution in [3.05, 3.63) is 29.8 Å². The van der Waals surface area contributed by atoms with Gasteiger partial charge >= 0.3 is 5.97 Å². The van der Waals surface area contributed by atoms with Crippen LogP contribution >= 0.6 is 0 Å². The van der Waals surface area contributed by atoms with Crippen LogP contribution in [0.3, 0.4) is 0 Å². The molecule has 0 aromatic heterocycles. The molecule has 0 unspecified atom stereocenters. The fourth-order valence-corrected chi connectivity index (χ4v) is 4.39. The molecule has 2 N–H and O–H groups in total. The molecule has 156 valence electrons. The second-order valence-electron chi connectivity index (χ2n) is 7.37. The summed E-state index contributed by atoms with van der Waals surface area (Å²) in [7, 11) is -3.84. The fraction of sp³-hybridized carbons (Fsp3) is 0.600. The number of amides is 1. The van der Waals surface area contributed by atoms with Crippen LogP contribution in [0.5, 0.6) is 0 Å².